The molecule has 4 rings (SSSR count). The summed E-state index contributed by atoms with van der Waals surface area (Å²) in [6.45, 7) is 0.103. The van der Waals surface area contributed by atoms with Gasteiger partial charge < -0.3 is 24.1 Å². The number of fused-ring (bicyclic) bond motifs is 1. The molecule has 4 aromatic rings. The number of benzene rings is 3. The number of methoxy groups -OCH3 is 3. The van der Waals surface area contributed by atoms with Crippen molar-refractivity contribution in [3.8, 4) is 17.2 Å². The van der Waals surface area contributed by atoms with Gasteiger partial charge in [0.25, 0.3) is 0 Å². The standard InChI is InChI=1S/C28H25FN2O6/c1-35-20-10-4-17(5-11-20)14-30-26(32)16-31-15-22(27(33)18-6-8-19(29)9-7-18)28(34)21-12-24(36-2)25(37-3)13-23(21)31/h4-13,15H,14,16H2,1-3H3,(H,30,32). The second kappa shape index (κ2) is 10.9. The molecule has 1 amide bonds. The first-order valence-electron chi connectivity index (χ1n) is 11.3. The Balaban J connectivity index is 1.72. The van der Waals surface area contributed by atoms with Gasteiger partial charge in [-0.2, -0.15) is 0 Å². The zero-order valence-electron chi connectivity index (χ0n) is 20.5. The molecule has 9 heteroatoms. The van der Waals surface area contributed by atoms with Crippen molar-refractivity contribution >= 4 is 22.6 Å². The maximum Gasteiger partial charge on any atom is 0.240 e. The van der Waals surface area contributed by atoms with Crippen LogP contribution in [0.1, 0.15) is 21.5 Å². The van der Waals surface area contributed by atoms with Crippen molar-refractivity contribution in [3.05, 3.63) is 99.6 Å². The van der Waals surface area contributed by atoms with E-state index in [-0.39, 0.29) is 35.5 Å². The number of rotatable bonds is 9. The molecule has 190 valence electrons. The van der Waals surface area contributed by atoms with Gasteiger partial charge in [0.05, 0.1) is 37.8 Å². The first kappa shape index (κ1) is 25.4. The number of carbonyl (C=O) groups excluding carboxylic acids is 2. The van der Waals surface area contributed by atoms with Crippen LogP contribution in [0.3, 0.4) is 0 Å². The second-order valence-electron chi connectivity index (χ2n) is 8.18. The largest absolute Gasteiger partial charge is 0.497 e. The summed E-state index contributed by atoms with van der Waals surface area (Å²) in [5, 5.41) is 3.02. The van der Waals surface area contributed by atoms with Crippen LogP contribution < -0.4 is 25.0 Å². The summed E-state index contributed by atoms with van der Waals surface area (Å²) in [4.78, 5) is 39.4. The number of ketones is 1. The van der Waals surface area contributed by atoms with E-state index in [0.717, 1.165) is 17.7 Å². The van der Waals surface area contributed by atoms with E-state index in [1.807, 2.05) is 12.1 Å². The maximum atomic E-state index is 13.4. The highest BCUT2D eigenvalue weighted by Crippen LogP contribution is 2.31. The highest BCUT2D eigenvalue weighted by molar-refractivity contribution is 6.10. The predicted octanol–water partition coefficient (Wildman–Crippen LogP) is 3.71. The molecule has 37 heavy (non-hydrogen) atoms. The van der Waals surface area contributed by atoms with Gasteiger partial charge in [0.15, 0.2) is 17.3 Å². The smallest absolute Gasteiger partial charge is 0.240 e. The Morgan fingerprint density at radius 1 is 0.892 bits per heavy atom. The molecular weight excluding hydrogens is 479 g/mol. The molecule has 0 radical (unpaired) electrons. The van der Waals surface area contributed by atoms with Crippen LogP contribution in [0.5, 0.6) is 17.2 Å². The van der Waals surface area contributed by atoms with Gasteiger partial charge in [-0.25, -0.2) is 4.39 Å². The first-order chi connectivity index (χ1) is 17.8. The molecule has 8 nitrogen and oxygen atoms in total. The number of aromatic nitrogens is 1. The summed E-state index contributed by atoms with van der Waals surface area (Å²) in [5.74, 6) is -0.0615. The minimum atomic E-state index is -0.589. The zero-order chi connectivity index (χ0) is 26.5. The normalized spacial score (nSPS) is 10.7. The van der Waals surface area contributed by atoms with E-state index in [2.05, 4.69) is 5.32 Å². The van der Waals surface area contributed by atoms with Gasteiger partial charge in [0.1, 0.15) is 18.1 Å². The van der Waals surface area contributed by atoms with E-state index >= 15 is 0 Å². The van der Waals surface area contributed by atoms with Gasteiger partial charge in [0.2, 0.25) is 11.3 Å². The Bertz CT molecular complexity index is 1510. The molecule has 0 saturated carbocycles. The summed E-state index contributed by atoms with van der Waals surface area (Å²) in [5.41, 5.74) is 0.707. The van der Waals surface area contributed by atoms with Crippen LogP contribution in [0, 0.1) is 5.82 Å². The van der Waals surface area contributed by atoms with Gasteiger partial charge in [-0.1, -0.05) is 12.1 Å². The van der Waals surface area contributed by atoms with Crippen molar-refractivity contribution in [1.29, 1.82) is 0 Å². The number of pyridine rings is 1. The summed E-state index contributed by atoms with van der Waals surface area (Å²) >= 11 is 0. The van der Waals surface area contributed by atoms with E-state index in [1.54, 1.807) is 25.3 Å². The third kappa shape index (κ3) is 5.45. The highest BCUT2D eigenvalue weighted by Gasteiger charge is 2.20. The van der Waals surface area contributed by atoms with Crippen LogP contribution in [0.4, 0.5) is 4.39 Å². The summed E-state index contributed by atoms with van der Waals surface area (Å²) in [6, 6.07) is 15.2. The molecule has 0 aliphatic heterocycles. The lowest BCUT2D eigenvalue weighted by atomic mass is 10.0. The van der Waals surface area contributed by atoms with Crippen molar-refractivity contribution in [2.24, 2.45) is 0 Å². The molecule has 0 bridgehead atoms. The molecule has 0 aliphatic carbocycles. The monoisotopic (exact) mass is 504 g/mol. The van der Waals surface area contributed by atoms with Crippen LogP contribution >= 0.6 is 0 Å². The number of nitrogens with zero attached hydrogens (tertiary/aromatic N) is 1. The van der Waals surface area contributed by atoms with Crippen molar-refractivity contribution in [2.45, 2.75) is 13.1 Å². The number of carbonyl (C=O) groups is 2. The lowest BCUT2D eigenvalue weighted by molar-refractivity contribution is -0.121. The second-order valence-corrected chi connectivity index (χ2v) is 8.18. The summed E-state index contributed by atoms with van der Waals surface area (Å²) < 4.78 is 30.7. The Labute approximate surface area is 212 Å². The number of halogens is 1. The van der Waals surface area contributed by atoms with Crippen LogP contribution in [-0.2, 0) is 17.9 Å². The van der Waals surface area contributed by atoms with Crippen LogP contribution in [0.15, 0.2) is 71.7 Å². The zero-order valence-corrected chi connectivity index (χ0v) is 20.5. The molecule has 1 N–H and O–H groups in total. The third-order valence-electron chi connectivity index (χ3n) is 5.90. The number of hydrogen-bond donors (Lipinski definition) is 1. The maximum absolute atomic E-state index is 13.4. The minimum absolute atomic E-state index is 0.147. The molecule has 0 fully saturated rings. The first-order valence-corrected chi connectivity index (χ1v) is 11.3. The number of nitrogens with one attached hydrogen (secondary N) is 1. The lowest BCUT2D eigenvalue weighted by Gasteiger charge is -2.16. The van der Waals surface area contributed by atoms with Crippen LogP contribution in [-0.4, -0.2) is 37.6 Å². The average Bonchev–Trinajstić information content (AvgIpc) is 2.93. The van der Waals surface area contributed by atoms with Crippen molar-refractivity contribution in [2.75, 3.05) is 21.3 Å². The molecular formula is C28H25FN2O6. The summed E-state index contributed by atoms with van der Waals surface area (Å²) in [6.07, 6.45) is 1.34. The van der Waals surface area contributed by atoms with Gasteiger partial charge in [-0.3, -0.25) is 14.4 Å². The van der Waals surface area contributed by atoms with E-state index in [0.29, 0.717) is 22.8 Å². The Hall–Kier alpha value is -4.66. The summed E-state index contributed by atoms with van der Waals surface area (Å²) in [7, 11) is 4.47. The molecule has 0 saturated heterocycles. The van der Waals surface area contributed by atoms with E-state index in [4.69, 9.17) is 14.2 Å². The lowest BCUT2D eigenvalue weighted by Crippen LogP contribution is -2.29. The van der Waals surface area contributed by atoms with E-state index < -0.39 is 17.0 Å². The fraction of sp³-hybridized carbons (Fsp3) is 0.179. The van der Waals surface area contributed by atoms with Crippen molar-refractivity contribution in [3.63, 3.8) is 0 Å². The fourth-order valence-corrected chi connectivity index (χ4v) is 3.92. The molecule has 0 aliphatic rings. The number of hydrogen-bond acceptors (Lipinski definition) is 6. The van der Waals surface area contributed by atoms with E-state index in [1.165, 1.54) is 43.2 Å². The fourth-order valence-electron chi connectivity index (χ4n) is 3.92. The van der Waals surface area contributed by atoms with Gasteiger partial charge in [-0.15, -0.1) is 0 Å². The molecule has 0 atom stereocenters. The molecule has 1 aromatic heterocycles. The minimum Gasteiger partial charge on any atom is -0.497 e. The molecule has 3 aromatic carbocycles. The van der Waals surface area contributed by atoms with Gasteiger partial charge >= 0.3 is 0 Å². The highest BCUT2D eigenvalue weighted by atomic mass is 19.1. The Morgan fingerprint density at radius 2 is 1.54 bits per heavy atom. The van der Waals surface area contributed by atoms with Crippen LogP contribution in [0.2, 0.25) is 0 Å². The molecule has 1 heterocycles. The van der Waals surface area contributed by atoms with Gasteiger partial charge in [-0.05, 0) is 48.0 Å². The van der Waals surface area contributed by atoms with Gasteiger partial charge in [0, 0.05) is 24.4 Å². The van der Waals surface area contributed by atoms with Crippen molar-refractivity contribution in [1.82, 2.24) is 9.88 Å². The third-order valence-corrected chi connectivity index (χ3v) is 5.90. The average molecular weight is 505 g/mol. The quantitative estimate of drug-likeness (QED) is 0.349. The predicted molar refractivity (Wildman–Crippen MR) is 136 cm³/mol. The van der Waals surface area contributed by atoms with Crippen LogP contribution in [0.25, 0.3) is 10.9 Å². The SMILES string of the molecule is COc1ccc(CNC(=O)Cn2cc(C(=O)c3ccc(F)cc3)c(=O)c3cc(OC)c(OC)cc32)cc1. The topological polar surface area (TPSA) is 95.9 Å². The number of ether oxygens (including phenoxy) is 3. The Kier molecular flexibility index (Phi) is 7.52. The molecule has 0 unspecified atom stereocenters. The van der Waals surface area contributed by atoms with E-state index in [9.17, 15) is 18.8 Å². The Morgan fingerprint density at radius 3 is 2.16 bits per heavy atom. The number of amides is 1. The molecule has 0 spiro atoms. The van der Waals surface area contributed by atoms with Crippen molar-refractivity contribution < 1.29 is 28.2 Å².